The molecule has 7 nitrogen and oxygen atoms in total. The lowest BCUT2D eigenvalue weighted by molar-refractivity contribution is -0.139. The van der Waals surface area contributed by atoms with Gasteiger partial charge >= 0.3 is 5.97 Å². The Labute approximate surface area is 166 Å². The van der Waals surface area contributed by atoms with E-state index in [1.54, 1.807) is 62.8 Å². The molecular formula is C20H17ClN2O5. The van der Waals surface area contributed by atoms with E-state index in [1.807, 2.05) is 0 Å². The number of methoxy groups -OCH3 is 2. The molecule has 0 spiro atoms. The summed E-state index contributed by atoms with van der Waals surface area (Å²) in [6.45, 7) is -0.134. The Kier molecular flexibility index (Phi) is 6.29. The zero-order valence-electron chi connectivity index (χ0n) is 15.2. The van der Waals surface area contributed by atoms with Crippen LogP contribution in [0.2, 0.25) is 5.02 Å². The summed E-state index contributed by atoms with van der Waals surface area (Å²) in [6, 6.07) is 12.2. The predicted molar refractivity (Wildman–Crippen MR) is 103 cm³/mol. The van der Waals surface area contributed by atoms with Crippen LogP contribution in [0.4, 0.5) is 0 Å². The van der Waals surface area contributed by atoms with Crippen LogP contribution in [0.1, 0.15) is 11.5 Å². The van der Waals surface area contributed by atoms with Crippen molar-refractivity contribution in [2.45, 2.75) is 6.61 Å². The number of aromatic nitrogens is 2. The SMILES string of the molecule is COc1cc(/C=C/C(=O)OCc2nnc(-c3ccc(Cl)cc3)o2)cc(OC)c1. The van der Waals surface area contributed by atoms with E-state index in [9.17, 15) is 4.79 Å². The fraction of sp³-hybridized carbons (Fsp3) is 0.150. The minimum atomic E-state index is -0.548. The van der Waals surface area contributed by atoms with Crippen molar-refractivity contribution in [1.29, 1.82) is 0 Å². The van der Waals surface area contributed by atoms with Gasteiger partial charge in [0.25, 0.3) is 5.89 Å². The number of hydrogen-bond donors (Lipinski definition) is 0. The Hall–Kier alpha value is -3.32. The molecule has 0 saturated carbocycles. The van der Waals surface area contributed by atoms with Crippen LogP contribution < -0.4 is 9.47 Å². The molecule has 3 rings (SSSR count). The molecule has 0 aliphatic rings. The molecule has 0 N–H and O–H groups in total. The molecule has 0 saturated heterocycles. The van der Waals surface area contributed by atoms with Crippen molar-refractivity contribution in [3.8, 4) is 23.0 Å². The van der Waals surface area contributed by atoms with Gasteiger partial charge in [-0.1, -0.05) is 11.6 Å². The molecule has 144 valence electrons. The number of ether oxygens (including phenoxy) is 3. The number of hydrogen-bond acceptors (Lipinski definition) is 7. The molecule has 0 fully saturated rings. The maximum absolute atomic E-state index is 11.9. The van der Waals surface area contributed by atoms with Gasteiger partial charge in [-0.15, -0.1) is 10.2 Å². The molecular weight excluding hydrogens is 384 g/mol. The summed E-state index contributed by atoms with van der Waals surface area (Å²) in [5, 5.41) is 8.40. The largest absolute Gasteiger partial charge is 0.497 e. The van der Waals surface area contributed by atoms with Gasteiger partial charge in [0.2, 0.25) is 5.89 Å². The molecule has 0 radical (unpaired) electrons. The molecule has 0 aliphatic carbocycles. The van der Waals surface area contributed by atoms with E-state index in [-0.39, 0.29) is 12.5 Å². The van der Waals surface area contributed by atoms with E-state index < -0.39 is 5.97 Å². The van der Waals surface area contributed by atoms with Crippen LogP contribution in [0.5, 0.6) is 11.5 Å². The van der Waals surface area contributed by atoms with E-state index >= 15 is 0 Å². The summed E-state index contributed by atoms with van der Waals surface area (Å²) in [6.07, 6.45) is 2.89. The van der Waals surface area contributed by atoms with E-state index in [2.05, 4.69) is 10.2 Å². The van der Waals surface area contributed by atoms with E-state index in [1.165, 1.54) is 6.08 Å². The average molecular weight is 401 g/mol. The molecule has 0 aliphatic heterocycles. The maximum atomic E-state index is 11.9. The summed E-state index contributed by atoms with van der Waals surface area (Å²) in [5.41, 5.74) is 1.46. The van der Waals surface area contributed by atoms with Crippen molar-refractivity contribution < 1.29 is 23.4 Å². The Morgan fingerprint density at radius 2 is 1.75 bits per heavy atom. The second kappa shape index (κ2) is 9.05. The number of carbonyl (C=O) groups is 1. The molecule has 1 heterocycles. The van der Waals surface area contributed by atoms with Gasteiger partial charge in [0.1, 0.15) is 11.5 Å². The van der Waals surface area contributed by atoms with E-state index in [4.69, 9.17) is 30.2 Å². The third kappa shape index (κ3) is 5.11. The van der Waals surface area contributed by atoms with Crippen LogP contribution in [0.3, 0.4) is 0 Å². The van der Waals surface area contributed by atoms with Crippen LogP contribution in [-0.4, -0.2) is 30.4 Å². The fourth-order valence-corrected chi connectivity index (χ4v) is 2.42. The lowest BCUT2D eigenvalue weighted by Gasteiger charge is -2.05. The Bertz CT molecular complexity index is 960. The minimum absolute atomic E-state index is 0.134. The molecule has 0 amide bonds. The maximum Gasteiger partial charge on any atom is 0.331 e. The fourth-order valence-electron chi connectivity index (χ4n) is 2.29. The Morgan fingerprint density at radius 1 is 1.07 bits per heavy atom. The summed E-state index contributed by atoms with van der Waals surface area (Å²) in [7, 11) is 3.11. The average Bonchev–Trinajstić information content (AvgIpc) is 3.20. The third-order valence-corrected chi connectivity index (χ3v) is 3.93. The molecule has 1 aromatic heterocycles. The first kappa shape index (κ1) is 19.4. The normalized spacial score (nSPS) is 10.8. The first-order valence-corrected chi connectivity index (χ1v) is 8.61. The van der Waals surface area contributed by atoms with E-state index in [0.717, 1.165) is 11.1 Å². The number of halogens is 1. The third-order valence-electron chi connectivity index (χ3n) is 3.68. The van der Waals surface area contributed by atoms with Crippen molar-refractivity contribution >= 4 is 23.6 Å². The second-order valence-electron chi connectivity index (χ2n) is 5.59. The molecule has 28 heavy (non-hydrogen) atoms. The quantitative estimate of drug-likeness (QED) is 0.434. The van der Waals surface area contributed by atoms with Crippen LogP contribution in [0, 0.1) is 0 Å². The summed E-state index contributed by atoms with van der Waals surface area (Å²) < 4.78 is 21.0. The molecule has 8 heteroatoms. The zero-order chi connectivity index (χ0) is 19.9. The monoisotopic (exact) mass is 400 g/mol. The minimum Gasteiger partial charge on any atom is -0.497 e. The molecule has 2 aromatic carbocycles. The van der Waals surface area contributed by atoms with Crippen molar-refractivity contribution in [3.05, 3.63) is 65.0 Å². The van der Waals surface area contributed by atoms with Gasteiger partial charge in [0.05, 0.1) is 14.2 Å². The highest BCUT2D eigenvalue weighted by molar-refractivity contribution is 6.30. The summed E-state index contributed by atoms with van der Waals surface area (Å²) >= 11 is 5.85. The molecule has 0 unspecified atom stereocenters. The van der Waals surface area contributed by atoms with Crippen LogP contribution in [0.15, 0.2) is 53.0 Å². The Morgan fingerprint density at radius 3 is 2.39 bits per heavy atom. The van der Waals surface area contributed by atoms with Crippen molar-refractivity contribution in [1.82, 2.24) is 10.2 Å². The number of esters is 1. The Balaban J connectivity index is 1.59. The number of benzene rings is 2. The predicted octanol–water partition coefficient (Wildman–Crippen LogP) is 4.16. The first-order valence-electron chi connectivity index (χ1n) is 8.23. The van der Waals surface area contributed by atoms with Gasteiger partial charge in [-0.3, -0.25) is 0 Å². The highest BCUT2D eigenvalue weighted by atomic mass is 35.5. The second-order valence-corrected chi connectivity index (χ2v) is 6.03. The number of carbonyl (C=O) groups excluding carboxylic acids is 1. The zero-order valence-corrected chi connectivity index (χ0v) is 16.0. The molecule has 3 aromatic rings. The molecule has 0 bridgehead atoms. The van der Waals surface area contributed by atoms with Gasteiger partial charge in [0, 0.05) is 22.7 Å². The lowest BCUT2D eigenvalue weighted by Crippen LogP contribution is -2.01. The van der Waals surface area contributed by atoms with Crippen LogP contribution >= 0.6 is 11.6 Å². The van der Waals surface area contributed by atoms with Crippen molar-refractivity contribution in [2.75, 3.05) is 14.2 Å². The van der Waals surface area contributed by atoms with E-state index in [0.29, 0.717) is 22.4 Å². The highest BCUT2D eigenvalue weighted by Crippen LogP contribution is 2.23. The van der Waals surface area contributed by atoms with Gasteiger partial charge in [-0.05, 0) is 48.0 Å². The lowest BCUT2D eigenvalue weighted by atomic mass is 10.2. The smallest absolute Gasteiger partial charge is 0.331 e. The van der Waals surface area contributed by atoms with Gasteiger partial charge < -0.3 is 18.6 Å². The molecule has 0 atom stereocenters. The first-order chi connectivity index (χ1) is 13.6. The number of nitrogens with zero attached hydrogens (tertiary/aromatic N) is 2. The van der Waals surface area contributed by atoms with Crippen LogP contribution in [0.25, 0.3) is 17.5 Å². The van der Waals surface area contributed by atoms with Crippen LogP contribution in [-0.2, 0) is 16.1 Å². The van der Waals surface area contributed by atoms with Gasteiger partial charge in [-0.2, -0.15) is 0 Å². The van der Waals surface area contributed by atoms with Crippen molar-refractivity contribution in [3.63, 3.8) is 0 Å². The summed E-state index contributed by atoms with van der Waals surface area (Å²) in [5.74, 6) is 1.20. The van der Waals surface area contributed by atoms with Crippen molar-refractivity contribution in [2.24, 2.45) is 0 Å². The van der Waals surface area contributed by atoms with Gasteiger partial charge in [0.15, 0.2) is 6.61 Å². The standard InChI is InChI=1S/C20H17ClN2O5/c1-25-16-9-13(10-17(11-16)26-2)3-8-19(24)27-12-18-22-23-20(28-18)14-4-6-15(21)7-5-14/h3-11H,12H2,1-2H3/b8-3+. The highest BCUT2D eigenvalue weighted by Gasteiger charge is 2.10. The number of rotatable bonds is 7. The summed E-state index contributed by atoms with van der Waals surface area (Å²) in [4.78, 5) is 11.9. The van der Waals surface area contributed by atoms with Gasteiger partial charge in [-0.25, -0.2) is 4.79 Å². The topological polar surface area (TPSA) is 83.7 Å².